The number of aliphatic imine (C=N–C) groups is 1. The second-order valence-corrected chi connectivity index (χ2v) is 8.49. The molecule has 0 radical (unpaired) electrons. The van der Waals surface area contributed by atoms with E-state index in [1.807, 2.05) is 60.7 Å². The van der Waals surface area contributed by atoms with Gasteiger partial charge < -0.3 is 4.74 Å². The molecular formula is C26H25FN2O4. The fraction of sp³-hybridized carbons (Fsp3) is 0.231. The van der Waals surface area contributed by atoms with Crippen LogP contribution in [0, 0.1) is 15.9 Å². The largest absolute Gasteiger partial charge is 0.458 e. The molecule has 7 heteroatoms. The molecule has 0 aliphatic rings. The highest BCUT2D eigenvalue weighted by atomic mass is 19.1. The van der Waals surface area contributed by atoms with Crippen LogP contribution in [0.2, 0.25) is 0 Å². The summed E-state index contributed by atoms with van der Waals surface area (Å²) < 4.78 is 19.5. The summed E-state index contributed by atoms with van der Waals surface area (Å²) in [6, 6.07) is 20.7. The second-order valence-electron chi connectivity index (χ2n) is 8.49. The number of nitrogens with zero attached hydrogens (tertiary/aromatic N) is 2. The highest BCUT2D eigenvalue weighted by Crippen LogP contribution is 2.24. The molecule has 0 fully saturated rings. The first-order chi connectivity index (χ1) is 15.6. The van der Waals surface area contributed by atoms with Crippen LogP contribution in [0.5, 0.6) is 0 Å². The third-order valence-corrected chi connectivity index (χ3v) is 4.71. The summed E-state index contributed by atoms with van der Waals surface area (Å²) in [7, 11) is 0. The number of nitro benzene ring substituents is 1. The molecule has 3 rings (SSSR count). The van der Waals surface area contributed by atoms with Crippen molar-refractivity contribution >= 4 is 17.4 Å². The quantitative estimate of drug-likeness (QED) is 0.206. The third kappa shape index (κ3) is 6.55. The van der Waals surface area contributed by atoms with Crippen molar-refractivity contribution in [3.63, 3.8) is 0 Å². The number of halogens is 1. The first-order valence-electron chi connectivity index (χ1n) is 10.5. The molecule has 0 saturated carbocycles. The maximum absolute atomic E-state index is 14.0. The standard InChI is InChI=1S/C26H25FN2O4/c1-26(2,3)33-25(30)22(17-20-16-21(27)14-15-23(20)29(31)32)28-24(18-10-6-4-7-11-18)19-12-8-5-9-13-19/h4-16,22H,17H2,1-3H3/t22-/m0/s1. The minimum atomic E-state index is -1.12. The molecule has 0 unspecified atom stereocenters. The summed E-state index contributed by atoms with van der Waals surface area (Å²) in [6.45, 7) is 5.18. The van der Waals surface area contributed by atoms with Gasteiger partial charge in [-0.15, -0.1) is 0 Å². The number of benzene rings is 3. The summed E-state index contributed by atoms with van der Waals surface area (Å²) in [5.74, 6) is -1.28. The number of carbonyl (C=O) groups is 1. The zero-order valence-corrected chi connectivity index (χ0v) is 18.7. The zero-order valence-electron chi connectivity index (χ0n) is 18.7. The summed E-state index contributed by atoms with van der Waals surface area (Å²) in [5, 5.41) is 11.5. The van der Waals surface area contributed by atoms with Crippen LogP contribution in [-0.2, 0) is 16.0 Å². The van der Waals surface area contributed by atoms with Crippen LogP contribution >= 0.6 is 0 Å². The lowest BCUT2D eigenvalue weighted by Crippen LogP contribution is -2.33. The first-order valence-corrected chi connectivity index (χ1v) is 10.5. The molecule has 0 N–H and O–H groups in total. The molecule has 3 aromatic rings. The first kappa shape index (κ1) is 23.8. The number of nitro groups is 1. The predicted octanol–water partition coefficient (Wildman–Crippen LogP) is 5.52. The summed E-state index contributed by atoms with van der Waals surface area (Å²) in [4.78, 5) is 28.8. The molecule has 33 heavy (non-hydrogen) atoms. The van der Waals surface area contributed by atoms with Gasteiger partial charge in [-0.1, -0.05) is 60.7 Å². The van der Waals surface area contributed by atoms with Gasteiger partial charge in [0, 0.05) is 29.2 Å². The van der Waals surface area contributed by atoms with E-state index in [1.165, 1.54) is 0 Å². The van der Waals surface area contributed by atoms with Crippen molar-refractivity contribution in [3.8, 4) is 0 Å². The Kier molecular flexibility index (Phi) is 7.33. The molecule has 1 atom stereocenters. The summed E-state index contributed by atoms with van der Waals surface area (Å²) in [6.07, 6.45) is -0.188. The van der Waals surface area contributed by atoms with E-state index in [0.717, 1.165) is 29.3 Å². The fourth-order valence-electron chi connectivity index (χ4n) is 3.32. The van der Waals surface area contributed by atoms with E-state index in [2.05, 4.69) is 0 Å². The highest BCUT2D eigenvalue weighted by Gasteiger charge is 2.29. The van der Waals surface area contributed by atoms with Crippen molar-refractivity contribution in [3.05, 3.63) is 111 Å². The number of ether oxygens (including phenoxy) is 1. The van der Waals surface area contributed by atoms with Crippen molar-refractivity contribution in [2.75, 3.05) is 0 Å². The minimum Gasteiger partial charge on any atom is -0.458 e. The van der Waals surface area contributed by atoms with E-state index in [-0.39, 0.29) is 17.7 Å². The Morgan fingerprint density at radius 3 is 2.03 bits per heavy atom. The number of hydrogen-bond acceptors (Lipinski definition) is 5. The van der Waals surface area contributed by atoms with Crippen LogP contribution in [-0.4, -0.2) is 28.2 Å². The predicted molar refractivity (Wildman–Crippen MR) is 125 cm³/mol. The van der Waals surface area contributed by atoms with Crippen LogP contribution in [0.15, 0.2) is 83.9 Å². The Bertz CT molecular complexity index is 1110. The Hall–Kier alpha value is -3.87. The van der Waals surface area contributed by atoms with Gasteiger partial charge in [0.05, 0.1) is 10.6 Å². The molecule has 170 valence electrons. The van der Waals surface area contributed by atoms with Gasteiger partial charge in [0.15, 0.2) is 6.04 Å². The number of hydrogen-bond donors (Lipinski definition) is 0. The molecule has 0 heterocycles. The van der Waals surface area contributed by atoms with E-state index >= 15 is 0 Å². The third-order valence-electron chi connectivity index (χ3n) is 4.71. The maximum Gasteiger partial charge on any atom is 0.331 e. The molecule has 0 aromatic heterocycles. The van der Waals surface area contributed by atoms with Gasteiger partial charge in [-0.25, -0.2) is 9.18 Å². The molecule has 0 spiro atoms. The summed E-state index contributed by atoms with van der Waals surface area (Å²) in [5.41, 5.74) is 1.07. The molecule has 0 bridgehead atoms. The zero-order chi connectivity index (χ0) is 24.0. The molecular weight excluding hydrogens is 423 g/mol. The number of carbonyl (C=O) groups excluding carboxylic acids is 1. The fourth-order valence-corrected chi connectivity index (χ4v) is 3.32. The SMILES string of the molecule is CC(C)(C)OC(=O)[C@H](Cc1cc(F)ccc1[N+](=O)[O-])N=C(c1ccccc1)c1ccccc1. The molecule has 0 aliphatic carbocycles. The van der Waals surface area contributed by atoms with E-state index < -0.39 is 28.4 Å². The van der Waals surface area contributed by atoms with E-state index in [0.29, 0.717) is 5.71 Å². The van der Waals surface area contributed by atoms with Crippen LogP contribution in [0.4, 0.5) is 10.1 Å². The van der Waals surface area contributed by atoms with Crippen LogP contribution in [0.25, 0.3) is 0 Å². The lowest BCUT2D eigenvalue weighted by Gasteiger charge is -2.23. The van der Waals surface area contributed by atoms with Crippen molar-refractivity contribution in [1.82, 2.24) is 0 Å². The van der Waals surface area contributed by atoms with Gasteiger partial charge in [-0.2, -0.15) is 0 Å². The average molecular weight is 448 g/mol. The molecule has 0 saturated heterocycles. The van der Waals surface area contributed by atoms with Crippen molar-refractivity contribution < 1.29 is 18.8 Å². The average Bonchev–Trinajstić information content (AvgIpc) is 2.76. The highest BCUT2D eigenvalue weighted by molar-refractivity contribution is 6.13. The lowest BCUT2D eigenvalue weighted by molar-refractivity contribution is -0.385. The van der Waals surface area contributed by atoms with Crippen LogP contribution in [0.1, 0.15) is 37.5 Å². The van der Waals surface area contributed by atoms with Gasteiger partial charge in [0.2, 0.25) is 0 Å². The van der Waals surface area contributed by atoms with Crippen molar-refractivity contribution in [2.24, 2.45) is 4.99 Å². The van der Waals surface area contributed by atoms with E-state index in [4.69, 9.17) is 9.73 Å². The monoisotopic (exact) mass is 448 g/mol. The van der Waals surface area contributed by atoms with Gasteiger partial charge in [-0.3, -0.25) is 15.1 Å². The molecule has 0 amide bonds. The minimum absolute atomic E-state index is 0.0695. The van der Waals surface area contributed by atoms with E-state index in [9.17, 15) is 19.3 Å². The smallest absolute Gasteiger partial charge is 0.331 e. The molecule has 3 aromatic carbocycles. The Balaban J connectivity index is 2.14. The Morgan fingerprint density at radius 2 is 1.55 bits per heavy atom. The van der Waals surface area contributed by atoms with Gasteiger partial charge in [0.25, 0.3) is 5.69 Å². The van der Waals surface area contributed by atoms with Gasteiger partial charge in [0.1, 0.15) is 11.4 Å². The Labute approximate surface area is 191 Å². The van der Waals surface area contributed by atoms with Crippen molar-refractivity contribution in [2.45, 2.75) is 38.8 Å². The van der Waals surface area contributed by atoms with Crippen LogP contribution in [0.3, 0.4) is 0 Å². The van der Waals surface area contributed by atoms with Crippen molar-refractivity contribution in [1.29, 1.82) is 0 Å². The van der Waals surface area contributed by atoms with Crippen LogP contribution < -0.4 is 0 Å². The van der Waals surface area contributed by atoms with E-state index in [1.54, 1.807) is 20.8 Å². The molecule has 6 nitrogen and oxygen atoms in total. The Morgan fingerprint density at radius 1 is 1.00 bits per heavy atom. The lowest BCUT2D eigenvalue weighted by atomic mass is 10.00. The maximum atomic E-state index is 14.0. The number of rotatable bonds is 7. The topological polar surface area (TPSA) is 81.8 Å². The normalized spacial score (nSPS) is 12.0. The second kappa shape index (κ2) is 10.2. The summed E-state index contributed by atoms with van der Waals surface area (Å²) >= 11 is 0. The van der Waals surface area contributed by atoms with Gasteiger partial charge in [-0.05, 0) is 32.9 Å². The molecule has 0 aliphatic heterocycles. The van der Waals surface area contributed by atoms with Gasteiger partial charge >= 0.3 is 5.97 Å². The number of esters is 1.